The molecule has 1 atom stereocenters. The van der Waals surface area contributed by atoms with Crippen LogP contribution in [0.15, 0.2) is 84.9 Å². The smallest absolute Gasteiger partial charge is 0.407 e. The van der Waals surface area contributed by atoms with Gasteiger partial charge >= 0.3 is 6.09 Å². The molecule has 0 radical (unpaired) electrons. The first-order valence-electron chi connectivity index (χ1n) is 9.74. The third-order valence-electron chi connectivity index (χ3n) is 4.51. The monoisotopic (exact) mass is 403 g/mol. The first-order chi connectivity index (χ1) is 14.6. The molecular formula is C24H25N3O3. The van der Waals surface area contributed by atoms with Gasteiger partial charge in [0.1, 0.15) is 6.61 Å². The van der Waals surface area contributed by atoms with Gasteiger partial charge < -0.3 is 21.1 Å². The van der Waals surface area contributed by atoms with Crippen molar-refractivity contribution in [3.8, 4) is 0 Å². The molecule has 0 heterocycles. The zero-order chi connectivity index (χ0) is 21.2. The molecule has 30 heavy (non-hydrogen) atoms. The van der Waals surface area contributed by atoms with Crippen molar-refractivity contribution in [1.82, 2.24) is 5.32 Å². The minimum Gasteiger partial charge on any atom is -0.445 e. The van der Waals surface area contributed by atoms with Crippen molar-refractivity contribution in [1.29, 1.82) is 0 Å². The van der Waals surface area contributed by atoms with E-state index in [4.69, 9.17) is 10.5 Å². The summed E-state index contributed by atoms with van der Waals surface area (Å²) in [6.07, 6.45) is -0.0112. The highest BCUT2D eigenvalue weighted by Crippen LogP contribution is 2.11. The van der Waals surface area contributed by atoms with Crippen molar-refractivity contribution in [2.24, 2.45) is 5.73 Å². The molecule has 0 aliphatic rings. The Morgan fingerprint density at radius 3 is 2.03 bits per heavy atom. The maximum atomic E-state index is 12.3. The topological polar surface area (TPSA) is 93.5 Å². The quantitative estimate of drug-likeness (QED) is 0.535. The lowest BCUT2D eigenvalue weighted by molar-refractivity contribution is -0.117. The van der Waals surface area contributed by atoms with Gasteiger partial charge in [0.05, 0.1) is 6.04 Å². The van der Waals surface area contributed by atoms with E-state index in [9.17, 15) is 9.59 Å². The lowest BCUT2D eigenvalue weighted by Gasteiger charge is -2.13. The molecule has 0 spiro atoms. The molecule has 4 N–H and O–H groups in total. The van der Waals surface area contributed by atoms with Crippen molar-refractivity contribution >= 4 is 17.7 Å². The van der Waals surface area contributed by atoms with Gasteiger partial charge in [-0.25, -0.2) is 4.79 Å². The second kappa shape index (κ2) is 10.8. The summed E-state index contributed by atoms with van der Waals surface area (Å²) >= 11 is 0. The van der Waals surface area contributed by atoms with Gasteiger partial charge in [0.25, 0.3) is 0 Å². The molecule has 2 amide bonds. The van der Waals surface area contributed by atoms with Gasteiger partial charge in [0.15, 0.2) is 0 Å². The number of carbonyl (C=O) groups excluding carboxylic acids is 2. The first-order valence-corrected chi connectivity index (χ1v) is 9.74. The maximum absolute atomic E-state index is 12.3. The van der Waals surface area contributed by atoms with E-state index in [1.165, 1.54) is 0 Å². The van der Waals surface area contributed by atoms with Crippen LogP contribution < -0.4 is 16.4 Å². The van der Waals surface area contributed by atoms with E-state index < -0.39 is 12.1 Å². The molecule has 0 aliphatic heterocycles. The molecular weight excluding hydrogens is 378 g/mol. The molecule has 0 aliphatic carbocycles. The normalized spacial score (nSPS) is 11.4. The SMILES string of the molecule is N[C@@H](Cc1ccccc1)C(=O)Nc1ccc(CNC(=O)OCc2ccccc2)cc1. The number of hydrogen-bond acceptors (Lipinski definition) is 4. The number of benzene rings is 3. The van der Waals surface area contributed by atoms with Crippen LogP contribution in [0, 0.1) is 0 Å². The lowest BCUT2D eigenvalue weighted by Crippen LogP contribution is -2.37. The Morgan fingerprint density at radius 1 is 0.800 bits per heavy atom. The molecule has 0 saturated carbocycles. The van der Waals surface area contributed by atoms with E-state index in [2.05, 4.69) is 10.6 Å². The highest BCUT2D eigenvalue weighted by Gasteiger charge is 2.14. The number of hydrogen-bond donors (Lipinski definition) is 3. The van der Waals surface area contributed by atoms with Gasteiger partial charge in [-0.3, -0.25) is 4.79 Å². The summed E-state index contributed by atoms with van der Waals surface area (Å²) in [5.41, 5.74) is 9.49. The Labute approximate surface area is 176 Å². The minimum absolute atomic E-state index is 0.223. The number of alkyl carbamates (subject to hydrolysis) is 1. The summed E-state index contributed by atoms with van der Waals surface area (Å²) in [7, 11) is 0. The standard InChI is InChI=1S/C24H25N3O3/c25-22(15-18-7-3-1-4-8-18)23(28)27-21-13-11-19(12-14-21)16-26-24(29)30-17-20-9-5-2-6-10-20/h1-14,22H,15-17,25H2,(H,26,29)(H,27,28)/t22-/m0/s1. The highest BCUT2D eigenvalue weighted by molar-refractivity contribution is 5.94. The number of ether oxygens (including phenoxy) is 1. The summed E-state index contributed by atoms with van der Waals surface area (Å²) in [5.74, 6) is -0.241. The van der Waals surface area contributed by atoms with Crippen LogP contribution in [0.5, 0.6) is 0 Å². The van der Waals surface area contributed by atoms with Crippen LogP contribution in [-0.4, -0.2) is 18.0 Å². The molecule has 3 aromatic rings. The third kappa shape index (κ3) is 6.76. The van der Waals surface area contributed by atoms with Crippen LogP contribution in [0.4, 0.5) is 10.5 Å². The summed E-state index contributed by atoms with van der Waals surface area (Å²) in [6.45, 7) is 0.552. The number of nitrogens with one attached hydrogen (secondary N) is 2. The van der Waals surface area contributed by atoms with E-state index >= 15 is 0 Å². The van der Waals surface area contributed by atoms with Crippen molar-refractivity contribution in [2.45, 2.75) is 25.6 Å². The molecule has 0 unspecified atom stereocenters. The number of anilines is 1. The lowest BCUT2D eigenvalue weighted by atomic mass is 10.1. The Kier molecular flexibility index (Phi) is 7.58. The Balaban J connectivity index is 1.41. The van der Waals surface area contributed by atoms with Gasteiger partial charge in [-0.15, -0.1) is 0 Å². The van der Waals surface area contributed by atoms with E-state index in [0.717, 1.165) is 16.7 Å². The van der Waals surface area contributed by atoms with E-state index in [1.54, 1.807) is 12.1 Å². The number of amides is 2. The second-order valence-electron chi connectivity index (χ2n) is 6.90. The molecule has 0 fully saturated rings. The predicted molar refractivity (Wildman–Crippen MR) is 117 cm³/mol. The molecule has 0 bridgehead atoms. The summed E-state index contributed by atoms with van der Waals surface area (Å²) in [4.78, 5) is 24.1. The zero-order valence-electron chi connectivity index (χ0n) is 16.6. The third-order valence-corrected chi connectivity index (χ3v) is 4.51. The number of rotatable bonds is 8. The fourth-order valence-corrected chi connectivity index (χ4v) is 2.85. The molecule has 0 saturated heterocycles. The van der Waals surface area contributed by atoms with Crippen molar-refractivity contribution in [2.75, 3.05) is 5.32 Å². The Hall–Kier alpha value is -3.64. The van der Waals surface area contributed by atoms with Crippen LogP contribution in [0.2, 0.25) is 0 Å². The predicted octanol–water partition coefficient (Wildman–Crippen LogP) is 3.62. The fourth-order valence-electron chi connectivity index (χ4n) is 2.85. The van der Waals surface area contributed by atoms with E-state index in [1.807, 2.05) is 72.8 Å². The van der Waals surface area contributed by atoms with Crippen LogP contribution in [0.1, 0.15) is 16.7 Å². The molecule has 3 rings (SSSR count). The highest BCUT2D eigenvalue weighted by atomic mass is 16.5. The molecule has 3 aromatic carbocycles. The average molecular weight is 403 g/mol. The summed E-state index contributed by atoms with van der Waals surface area (Å²) in [5, 5.41) is 5.52. The van der Waals surface area contributed by atoms with Crippen molar-refractivity contribution < 1.29 is 14.3 Å². The average Bonchev–Trinajstić information content (AvgIpc) is 2.78. The van der Waals surface area contributed by atoms with Crippen molar-refractivity contribution in [3.63, 3.8) is 0 Å². The van der Waals surface area contributed by atoms with Gasteiger partial charge in [-0.2, -0.15) is 0 Å². The Bertz CT molecular complexity index is 944. The van der Waals surface area contributed by atoms with Gasteiger partial charge in [-0.1, -0.05) is 72.8 Å². The van der Waals surface area contributed by atoms with Crippen LogP contribution in [0.3, 0.4) is 0 Å². The van der Waals surface area contributed by atoms with Gasteiger partial charge in [0.2, 0.25) is 5.91 Å². The molecule has 154 valence electrons. The summed E-state index contributed by atoms with van der Waals surface area (Å²) < 4.78 is 5.18. The van der Waals surface area contributed by atoms with Gasteiger partial charge in [-0.05, 0) is 35.2 Å². The largest absolute Gasteiger partial charge is 0.445 e. The van der Waals surface area contributed by atoms with Gasteiger partial charge in [0, 0.05) is 12.2 Å². The maximum Gasteiger partial charge on any atom is 0.407 e. The Morgan fingerprint density at radius 2 is 1.40 bits per heavy atom. The second-order valence-corrected chi connectivity index (χ2v) is 6.90. The van der Waals surface area contributed by atoms with E-state index in [-0.39, 0.29) is 12.5 Å². The van der Waals surface area contributed by atoms with E-state index in [0.29, 0.717) is 18.7 Å². The van der Waals surface area contributed by atoms with Crippen molar-refractivity contribution in [3.05, 3.63) is 102 Å². The fraction of sp³-hybridized carbons (Fsp3) is 0.167. The van der Waals surface area contributed by atoms with Crippen LogP contribution >= 0.6 is 0 Å². The summed E-state index contributed by atoms with van der Waals surface area (Å²) in [6, 6.07) is 25.7. The molecule has 6 heteroatoms. The zero-order valence-corrected chi connectivity index (χ0v) is 16.6. The first kappa shape index (κ1) is 21.1. The van der Waals surface area contributed by atoms with Crippen LogP contribution in [0.25, 0.3) is 0 Å². The molecule has 6 nitrogen and oxygen atoms in total. The van der Waals surface area contributed by atoms with Crippen LogP contribution in [-0.2, 0) is 29.1 Å². The minimum atomic E-state index is -0.631. The molecule has 0 aromatic heterocycles. The number of carbonyl (C=O) groups is 2. The number of nitrogens with two attached hydrogens (primary N) is 1.